The molecule has 100 valence electrons. The first-order chi connectivity index (χ1) is 8.12. The Balaban J connectivity index is 2.62. The largest absolute Gasteiger partial charge is 0.308 e. The molecule has 4 nitrogen and oxygen atoms in total. The molecule has 18 heavy (non-hydrogen) atoms. The average Bonchev–Trinajstić information content (AvgIpc) is 2.59. The van der Waals surface area contributed by atoms with Crippen molar-refractivity contribution in [2.45, 2.75) is 59.2 Å². The van der Waals surface area contributed by atoms with Crippen molar-refractivity contribution in [3.63, 3.8) is 0 Å². The van der Waals surface area contributed by atoms with Crippen molar-refractivity contribution in [1.82, 2.24) is 9.99 Å². The highest BCUT2D eigenvalue weighted by atomic mass is 16.1. The first-order valence-corrected chi connectivity index (χ1v) is 6.41. The van der Waals surface area contributed by atoms with Gasteiger partial charge in [0.05, 0.1) is 0 Å². The molecule has 0 radical (unpaired) electrons. The maximum absolute atomic E-state index is 12.6. The van der Waals surface area contributed by atoms with Gasteiger partial charge in [-0.2, -0.15) is 0 Å². The topological polar surface area (TPSA) is 37.3 Å². The molecule has 0 fully saturated rings. The van der Waals surface area contributed by atoms with Crippen LogP contribution in [0.1, 0.15) is 47.1 Å². The van der Waals surface area contributed by atoms with E-state index in [2.05, 4.69) is 26.2 Å². The Labute approximate surface area is 109 Å². The fourth-order valence-electron chi connectivity index (χ4n) is 2.29. The van der Waals surface area contributed by atoms with Crippen LogP contribution in [0.5, 0.6) is 0 Å². The zero-order chi connectivity index (χ0) is 13.7. The number of hydrazine groups is 1. The van der Waals surface area contributed by atoms with Crippen molar-refractivity contribution in [3.8, 4) is 0 Å². The number of rotatable bonds is 0. The van der Waals surface area contributed by atoms with Crippen LogP contribution in [0, 0.1) is 0 Å². The van der Waals surface area contributed by atoms with Crippen LogP contribution in [0.15, 0.2) is 17.1 Å². The van der Waals surface area contributed by atoms with Crippen LogP contribution in [-0.2, 0) is 12.1 Å². The highest BCUT2D eigenvalue weighted by Gasteiger charge is 2.32. The normalized spacial score (nSPS) is 16.0. The molecule has 0 unspecified atom stereocenters. The van der Waals surface area contributed by atoms with Gasteiger partial charge in [-0.05, 0) is 53.2 Å². The molecule has 0 spiro atoms. The number of fused-ring (bicyclic) bond motifs is 1. The van der Waals surface area contributed by atoms with Crippen LogP contribution in [0.25, 0.3) is 0 Å². The maximum Gasteiger partial charge on any atom is 0.276 e. The second kappa shape index (κ2) is 3.85. The second-order valence-corrected chi connectivity index (χ2v) is 6.88. The fraction of sp³-hybridized carbons (Fsp3) is 0.643. The first kappa shape index (κ1) is 13.1. The third-order valence-electron chi connectivity index (χ3n) is 3.20. The molecule has 1 N–H and O–H groups in total. The van der Waals surface area contributed by atoms with Crippen molar-refractivity contribution in [1.29, 1.82) is 0 Å². The van der Waals surface area contributed by atoms with E-state index in [1.807, 2.05) is 38.0 Å². The van der Waals surface area contributed by atoms with Crippen LogP contribution >= 0.6 is 0 Å². The second-order valence-electron chi connectivity index (χ2n) is 6.88. The summed E-state index contributed by atoms with van der Waals surface area (Å²) in [5.74, 6) is 0. The molecule has 1 aromatic heterocycles. The molecule has 0 amide bonds. The first-order valence-electron chi connectivity index (χ1n) is 6.41. The number of aromatic nitrogens is 1. The molecule has 1 aliphatic heterocycles. The van der Waals surface area contributed by atoms with E-state index in [0.29, 0.717) is 0 Å². The Morgan fingerprint density at radius 2 is 1.72 bits per heavy atom. The lowest BCUT2D eigenvalue weighted by Gasteiger charge is -2.34. The van der Waals surface area contributed by atoms with Crippen molar-refractivity contribution in [2.24, 2.45) is 0 Å². The molecule has 0 aromatic carbocycles. The number of pyridine rings is 1. The summed E-state index contributed by atoms with van der Waals surface area (Å²) in [5, 5.41) is 1.99. The van der Waals surface area contributed by atoms with Gasteiger partial charge < -0.3 is 4.57 Å². The van der Waals surface area contributed by atoms with Crippen molar-refractivity contribution in [3.05, 3.63) is 28.2 Å². The Hall–Kier alpha value is -1.29. The van der Waals surface area contributed by atoms with E-state index in [-0.39, 0.29) is 16.6 Å². The van der Waals surface area contributed by atoms with E-state index in [0.717, 1.165) is 17.8 Å². The van der Waals surface area contributed by atoms with Gasteiger partial charge in [0.15, 0.2) is 0 Å². The van der Waals surface area contributed by atoms with Gasteiger partial charge in [0, 0.05) is 23.8 Å². The van der Waals surface area contributed by atoms with Crippen LogP contribution in [0.3, 0.4) is 0 Å². The zero-order valence-electron chi connectivity index (χ0n) is 12.2. The van der Waals surface area contributed by atoms with Gasteiger partial charge in [-0.3, -0.25) is 9.80 Å². The molecule has 1 aromatic rings. The molecule has 0 atom stereocenters. The van der Waals surface area contributed by atoms with Gasteiger partial charge in [-0.1, -0.05) is 0 Å². The van der Waals surface area contributed by atoms with Gasteiger partial charge in [-0.15, -0.1) is 0 Å². The van der Waals surface area contributed by atoms with Gasteiger partial charge >= 0.3 is 0 Å². The van der Waals surface area contributed by atoms with E-state index < -0.39 is 0 Å². The van der Waals surface area contributed by atoms with Crippen LogP contribution in [0.2, 0.25) is 0 Å². The predicted octanol–water partition coefficient (Wildman–Crippen LogP) is 2.23. The summed E-state index contributed by atoms with van der Waals surface area (Å²) in [4.78, 5) is 12.6. The van der Waals surface area contributed by atoms with E-state index in [9.17, 15) is 4.79 Å². The fourth-order valence-corrected chi connectivity index (χ4v) is 2.29. The lowest BCUT2D eigenvalue weighted by atomic mass is 10.1. The molecule has 0 aliphatic carbocycles. The smallest absolute Gasteiger partial charge is 0.276 e. The lowest BCUT2D eigenvalue weighted by Crippen LogP contribution is -2.50. The number of nitrogens with zero attached hydrogens (tertiary/aromatic N) is 2. The van der Waals surface area contributed by atoms with Gasteiger partial charge in [-0.25, -0.2) is 5.43 Å². The third kappa shape index (κ3) is 2.05. The Morgan fingerprint density at radius 1 is 1.11 bits per heavy atom. The summed E-state index contributed by atoms with van der Waals surface area (Å²) in [6.45, 7) is 13.2. The summed E-state index contributed by atoms with van der Waals surface area (Å²) < 4.78 is 1.80. The van der Waals surface area contributed by atoms with Crippen LogP contribution < -0.4 is 16.0 Å². The van der Waals surface area contributed by atoms with E-state index in [4.69, 9.17) is 0 Å². The van der Waals surface area contributed by atoms with Crippen LogP contribution in [-0.4, -0.2) is 10.1 Å². The van der Waals surface area contributed by atoms with Gasteiger partial charge in [0.1, 0.15) is 5.69 Å². The number of nitrogens with one attached hydrogen (secondary N) is 1. The van der Waals surface area contributed by atoms with E-state index >= 15 is 0 Å². The molecule has 0 saturated carbocycles. The summed E-state index contributed by atoms with van der Waals surface area (Å²) in [6.07, 6.45) is 1.90. The maximum atomic E-state index is 12.6. The quantitative estimate of drug-likeness (QED) is 0.766. The molecule has 0 saturated heterocycles. The number of hydrogen-bond acceptors (Lipinski definition) is 3. The molecule has 0 bridgehead atoms. The van der Waals surface area contributed by atoms with Crippen molar-refractivity contribution >= 4 is 5.69 Å². The Morgan fingerprint density at radius 3 is 2.22 bits per heavy atom. The molecule has 4 heteroatoms. The molecular weight excluding hydrogens is 226 g/mol. The monoisotopic (exact) mass is 249 g/mol. The summed E-state index contributed by atoms with van der Waals surface area (Å²) in [7, 11) is 0. The standard InChI is InChI=1S/C14H23N3O/c1-13(2,3)16-8-7-10-9-15-17(14(4,5)6)11(10)12(16)18/h7-8,15H,9H2,1-6H3. The molecule has 2 heterocycles. The van der Waals surface area contributed by atoms with E-state index in [1.54, 1.807) is 4.57 Å². The lowest BCUT2D eigenvalue weighted by molar-refractivity contribution is 0.382. The third-order valence-corrected chi connectivity index (χ3v) is 3.20. The van der Waals surface area contributed by atoms with E-state index in [1.165, 1.54) is 0 Å². The Bertz CT molecular complexity index is 517. The predicted molar refractivity (Wildman–Crippen MR) is 74.8 cm³/mol. The minimum Gasteiger partial charge on any atom is -0.308 e. The Kier molecular flexibility index (Phi) is 2.81. The van der Waals surface area contributed by atoms with Gasteiger partial charge in [0.2, 0.25) is 0 Å². The average molecular weight is 249 g/mol. The summed E-state index contributed by atoms with van der Waals surface area (Å²) in [6, 6.07) is 2.04. The molecular formula is C14H23N3O. The highest BCUT2D eigenvalue weighted by molar-refractivity contribution is 5.56. The zero-order valence-corrected chi connectivity index (χ0v) is 12.2. The highest BCUT2D eigenvalue weighted by Crippen LogP contribution is 2.28. The SMILES string of the molecule is CC(C)(C)N1NCc2ccn(C(C)(C)C)c(=O)c21. The number of anilines is 1. The van der Waals surface area contributed by atoms with Crippen molar-refractivity contribution < 1.29 is 0 Å². The number of hydrogen-bond donors (Lipinski definition) is 1. The minimum atomic E-state index is -0.196. The van der Waals surface area contributed by atoms with Gasteiger partial charge in [0.25, 0.3) is 5.56 Å². The van der Waals surface area contributed by atoms with Crippen LogP contribution in [0.4, 0.5) is 5.69 Å². The molecule has 1 aliphatic rings. The molecule has 2 rings (SSSR count). The summed E-state index contributed by atoms with van der Waals surface area (Å²) in [5.41, 5.74) is 4.95. The minimum absolute atomic E-state index is 0.0833. The van der Waals surface area contributed by atoms with Crippen molar-refractivity contribution in [2.75, 3.05) is 5.01 Å². The summed E-state index contributed by atoms with van der Waals surface area (Å²) >= 11 is 0.